The number of rotatable bonds is 9. The maximum absolute atomic E-state index is 12.7. The fourth-order valence-corrected chi connectivity index (χ4v) is 4.42. The van der Waals surface area contributed by atoms with E-state index < -0.39 is 15.2 Å². The SMILES string of the molecule is CCCCCCCC[C@@H]1OC=N[C@H]1S(=O)(=O)c1ccc(C)cc1. The number of nitrogens with zero attached hydrogens (tertiary/aromatic N) is 1. The molecule has 2 rings (SSSR count). The van der Waals surface area contributed by atoms with Crippen LogP contribution in [0.1, 0.15) is 57.4 Å². The average Bonchev–Trinajstić information content (AvgIpc) is 3.00. The van der Waals surface area contributed by atoms with Crippen molar-refractivity contribution < 1.29 is 13.2 Å². The fraction of sp³-hybridized carbons (Fsp3) is 0.611. The van der Waals surface area contributed by atoms with Gasteiger partial charge in [0, 0.05) is 0 Å². The summed E-state index contributed by atoms with van der Waals surface area (Å²) in [6.07, 6.45) is 8.76. The number of benzene rings is 1. The van der Waals surface area contributed by atoms with Crippen molar-refractivity contribution in [2.24, 2.45) is 4.99 Å². The van der Waals surface area contributed by atoms with Crippen molar-refractivity contribution in [2.45, 2.75) is 75.2 Å². The van der Waals surface area contributed by atoms with Gasteiger partial charge < -0.3 is 4.74 Å². The van der Waals surface area contributed by atoms with E-state index >= 15 is 0 Å². The second-order valence-electron chi connectivity index (χ2n) is 6.23. The third kappa shape index (κ3) is 4.80. The van der Waals surface area contributed by atoms with Gasteiger partial charge in [-0.25, -0.2) is 13.4 Å². The third-order valence-electron chi connectivity index (χ3n) is 4.27. The number of unbranched alkanes of at least 4 members (excludes halogenated alkanes) is 5. The molecule has 0 aromatic heterocycles. The Hall–Kier alpha value is -1.36. The molecule has 1 aromatic carbocycles. The highest BCUT2D eigenvalue weighted by Gasteiger charge is 2.38. The molecule has 0 saturated carbocycles. The Morgan fingerprint density at radius 2 is 1.70 bits per heavy atom. The van der Waals surface area contributed by atoms with Crippen LogP contribution in [0.3, 0.4) is 0 Å². The predicted molar refractivity (Wildman–Crippen MR) is 93.5 cm³/mol. The lowest BCUT2D eigenvalue weighted by Crippen LogP contribution is -2.30. The molecule has 5 heteroatoms. The van der Waals surface area contributed by atoms with Crippen LogP contribution in [-0.2, 0) is 14.6 Å². The molecule has 128 valence electrons. The van der Waals surface area contributed by atoms with Gasteiger partial charge in [0.05, 0.1) is 4.90 Å². The molecule has 0 spiro atoms. The molecule has 1 aliphatic heterocycles. The second-order valence-corrected chi connectivity index (χ2v) is 8.28. The molecule has 1 aromatic rings. The van der Waals surface area contributed by atoms with Crippen molar-refractivity contribution in [1.29, 1.82) is 0 Å². The van der Waals surface area contributed by atoms with Gasteiger partial charge in [-0.2, -0.15) is 0 Å². The molecular weight excluding hydrogens is 310 g/mol. The first kappa shape index (κ1) is 18.0. The fourth-order valence-electron chi connectivity index (χ4n) is 2.82. The van der Waals surface area contributed by atoms with E-state index in [1.54, 1.807) is 12.1 Å². The Labute approximate surface area is 139 Å². The summed E-state index contributed by atoms with van der Waals surface area (Å²) < 4.78 is 30.9. The van der Waals surface area contributed by atoms with Crippen molar-refractivity contribution in [3.8, 4) is 0 Å². The Kier molecular flexibility index (Phi) is 6.63. The minimum Gasteiger partial charge on any atom is -0.477 e. The molecule has 23 heavy (non-hydrogen) atoms. The molecule has 1 aliphatic rings. The highest BCUT2D eigenvalue weighted by Crippen LogP contribution is 2.27. The van der Waals surface area contributed by atoms with Crippen molar-refractivity contribution in [3.05, 3.63) is 29.8 Å². The summed E-state index contributed by atoms with van der Waals surface area (Å²) in [5, 5.41) is -0.805. The van der Waals surface area contributed by atoms with Gasteiger partial charge in [0.15, 0.2) is 11.8 Å². The van der Waals surface area contributed by atoms with E-state index in [-0.39, 0.29) is 6.10 Å². The molecule has 4 nitrogen and oxygen atoms in total. The molecule has 0 radical (unpaired) electrons. The number of hydrogen-bond acceptors (Lipinski definition) is 4. The number of sulfone groups is 1. The van der Waals surface area contributed by atoms with Gasteiger partial charge in [0.2, 0.25) is 9.84 Å². The zero-order valence-corrected chi connectivity index (χ0v) is 14.9. The summed E-state index contributed by atoms with van der Waals surface area (Å²) in [6, 6.07) is 6.94. The second kappa shape index (κ2) is 8.48. The van der Waals surface area contributed by atoms with Gasteiger partial charge >= 0.3 is 0 Å². The standard InChI is InChI=1S/C18H27NO3S/c1-3-4-5-6-7-8-9-17-18(19-14-22-17)23(20,21)16-12-10-15(2)11-13-16/h10-14,17-18H,3-9H2,1-2H3/t17-,18-/m0/s1. The minimum atomic E-state index is -3.48. The van der Waals surface area contributed by atoms with Crippen LogP contribution in [-0.4, -0.2) is 26.3 Å². The summed E-state index contributed by atoms with van der Waals surface area (Å²) in [7, 11) is -3.48. The van der Waals surface area contributed by atoms with Crippen LogP contribution in [0.15, 0.2) is 34.2 Å². The summed E-state index contributed by atoms with van der Waals surface area (Å²) in [6.45, 7) is 4.14. The Morgan fingerprint density at radius 3 is 2.39 bits per heavy atom. The average molecular weight is 337 g/mol. The third-order valence-corrected chi connectivity index (χ3v) is 6.26. The lowest BCUT2D eigenvalue weighted by atomic mass is 10.1. The molecule has 0 N–H and O–H groups in total. The molecule has 0 amide bonds. The number of aliphatic imine (C=N–C) groups is 1. The van der Waals surface area contributed by atoms with E-state index in [0.29, 0.717) is 4.90 Å². The lowest BCUT2D eigenvalue weighted by molar-refractivity contribution is 0.205. The first-order chi connectivity index (χ1) is 11.1. The monoisotopic (exact) mass is 337 g/mol. The van der Waals surface area contributed by atoms with Crippen LogP contribution in [0.5, 0.6) is 0 Å². The van der Waals surface area contributed by atoms with Crippen LogP contribution in [0, 0.1) is 6.92 Å². The molecule has 0 unspecified atom stereocenters. The van der Waals surface area contributed by atoms with E-state index in [1.165, 1.54) is 32.1 Å². The van der Waals surface area contributed by atoms with E-state index in [9.17, 15) is 8.42 Å². The molecule has 1 heterocycles. The zero-order valence-electron chi connectivity index (χ0n) is 14.1. The van der Waals surface area contributed by atoms with Crippen molar-refractivity contribution in [3.63, 3.8) is 0 Å². The van der Waals surface area contributed by atoms with Crippen LogP contribution in [0.4, 0.5) is 0 Å². The topological polar surface area (TPSA) is 55.7 Å². The lowest BCUT2D eigenvalue weighted by Gasteiger charge is -2.17. The zero-order chi connectivity index (χ0) is 16.7. The van der Waals surface area contributed by atoms with Gasteiger partial charge in [0.1, 0.15) is 6.10 Å². The molecule has 0 saturated heterocycles. The van der Waals surface area contributed by atoms with Crippen molar-refractivity contribution >= 4 is 16.2 Å². The van der Waals surface area contributed by atoms with Crippen molar-refractivity contribution in [2.75, 3.05) is 0 Å². The minimum absolute atomic E-state index is 0.323. The van der Waals surface area contributed by atoms with Gasteiger partial charge in [-0.1, -0.05) is 56.7 Å². The van der Waals surface area contributed by atoms with E-state index in [4.69, 9.17) is 4.74 Å². The Morgan fingerprint density at radius 1 is 1.04 bits per heavy atom. The number of hydrogen-bond donors (Lipinski definition) is 0. The molecule has 0 bridgehead atoms. The van der Waals surface area contributed by atoms with Crippen LogP contribution in [0.25, 0.3) is 0 Å². The Bertz CT molecular complexity index is 608. The summed E-state index contributed by atoms with van der Waals surface area (Å²) in [4.78, 5) is 4.40. The van der Waals surface area contributed by atoms with E-state index in [1.807, 2.05) is 19.1 Å². The Balaban J connectivity index is 1.92. The van der Waals surface area contributed by atoms with Crippen LogP contribution >= 0.6 is 0 Å². The van der Waals surface area contributed by atoms with Crippen LogP contribution < -0.4 is 0 Å². The first-order valence-corrected chi connectivity index (χ1v) is 10.1. The maximum atomic E-state index is 12.7. The first-order valence-electron chi connectivity index (χ1n) is 8.53. The highest BCUT2D eigenvalue weighted by atomic mass is 32.2. The number of ether oxygens (including phenoxy) is 1. The molecular formula is C18H27NO3S. The molecule has 0 aliphatic carbocycles. The van der Waals surface area contributed by atoms with Gasteiger partial charge in [-0.05, 0) is 31.9 Å². The highest BCUT2D eigenvalue weighted by molar-refractivity contribution is 7.92. The molecule has 0 fully saturated rings. The van der Waals surface area contributed by atoms with Crippen LogP contribution in [0.2, 0.25) is 0 Å². The van der Waals surface area contributed by atoms with Gasteiger partial charge in [0.25, 0.3) is 0 Å². The normalized spacial score (nSPS) is 20.6. The summed E-state index contributed by atoms with van der Waals surface area (Å²) in [5.74, 6) is 0. The maximum Gasteiger partial charge on any atom is 0.205 e. The van der Waals surface area contributed by atoms with Gasteiger partial charge in [-0.15, -0.1) is 0 Å². The molecule has 2 atom stereocenters. The van der Waals surface area contributed by atoms with E-state index in [2.05, 4.69) is 11.9 Å². The smallest absolute Gasteiger partial charge is 0.205 e. The quantitative estimate of drug-likeness (QED) is 0.632. The number of aryl methyl sites for hydroxylation is 1. The largest absolute Gasteiger partial charge is 0.477 e. The van der Waals surface area contributed by atoms with Gasteiger partial charge in [-0.3, -0.25) is 0 Å². The summed E-state index contributed by atoms with van der Waals surface area (Å²) >= 11 is 0. The van der Waals surface area contributed by atoms with Crippen molar-refractivity contribution in [1.82, 2.24) is 0 Å². The predicted octanol–water partition coefficient (Wildman–Crippen LogP) is 4.27. The summed E-state index contributed by atoms with van der Waals surface area (Å²) in [5.41, 5.74) is 1.04. The van der Waals surface area contributed by atoms with E-state index in [0.717, 1.165) is 24.8 Å².